The quantitative estimate of drug-likeness (QED) is 0.802. The fraction of sp³-hybridized carbons (Fsp3) is 0.722. The molecule has 5 heteroatoms. The standard InChI is InChI=1S/C18H27N3O2/c1-11(2)9-14-15(18(14,4)5)17(22)21-8-6-7-13(10-21)16-19-12(3)23-20-16/h9,13-15H,6-8,10H2,1-5H3/t13-,14+,15-/m0/s1. The average molecular weight is 317 g/mol. The van der Waals surface area contributed by atoms with Crippen LogP contribution < -0.4 is 0 Å². The van der Waals surface area contributed by atoms with Crippen LogP contribution in [-0.4, -0.2) is 34.0 Å². The van der Waals surface area contributed by atoms with Crippen LogP contribution in [0.15, 0.2) is 16.2 Å². The first kappa shape index (κ1) is 16.2. The fourth-order valence-electron chi connectivity index (χ4n) is 3.89. The monoisotopic (exact) mass is 317 g/mol. The van der Waals surface area contributed by atoms with Crippen molar-refractivity contribution in [2.24, 2.45) is 17.3 Å². The summed E-state index contributed by atoms with van der Waals surface area (Å²) in [6.45, 7) is 12.0. The largest absolute Gasteiger partial charge is 0.342 e. The van der Waals surface area contributed by atoms with Crippen molar-refractivity contribution in [3.8, 4) is 0 Å². The van der Waals surface area contributed by atoms with Crippen LogP contribution in [0.2, 0.25) is 0 Å². The highest BCUT2D eigenvalue weighted by molar-refractivity contribution is 5.84. The number of likely N-dealkylation sites (tertiary alicyclic amines) is 1. The number of carbonyl (C=O) groups excluding carboxylic acids is 1. The maximum Gasteiger partial charge on any atom is 0.226 e. The van der Waals surface area contributed by atoms with Gasteiger partial charge >= 0.3 is 0 Å². The molecule has 23 heavy (non-hydrogen) atoms. The van der Waals surface area contributed by atoms with Gasteiger partial charge in [0, 0.05) is 25.9 Å². The normalized spacial score (nSPS) is 29.3. The van der Waals surface area contributed by atoms with E-state index in [4.69, 9.17) is 4.52 Å². The maximum atomic E-state index is 13.0. The second-order valence-electron chi connectivity index (χ2n) is 7.86. The molecule has 1 aromatic heterocycles. The molecule has 2 fully saturated rings. The van der Waals surface area contributed by atoms with Crippen LogP contribution in [0.5, 0.6) is 0 Å². The van der Waals surface area contributed by atoms with E-state index in [1.54, 1.807) is 6.92 Å². The lowest BCUT2D eigenvalue weighted by molar-refractivity contribution is -0.134. The van der Waals surface area contributed by atoms with E-state index in [0.29, 0.717) is 24.3 Å². The van der Waals surface area contributed by atoms with E-state index < -0.39 is 0 Å². The van der Waals surface area contributed by atoms with Crippen LogP contribution in [0.25, 0.3) is 0 Å². The number of rotatable bonds is 3. The van der Waals surface area contributed by atoms with Crippen molar-refractivity contribution >= 4 is 5.91 Å². The van der Waals surface area contributed by atoms with E-state index in [9.17, 15) is 4.79 Å². The molecule has 0 radical (unpaired) electrons. The van der Waals surface area contributed by atoms with Crippen molar-refractivity contribution in [2.45, 2.75) is 53.4 Å². The van der Waals surface area contributed by atoms with Gasteiger partial charge in [-0.1, -0.05) is 30.7 Å². The highest BCUT2D eigenvalue weighted by Crippen LogP contribution is 2.60. The molecule has 0 unspecified atom stereocenters. The van der Waals surface area contributed by atoms with E-state index in [1.165, 1.54) is 5.57 Å². The molecule has 1 aliphatic heterocycles. The second-order valence-corrected chi connectivity index (χ2v) is 7.86. The van der Waals surface area contributed by atoms with Gasteiger partial charge in [-0.2, -0.15) is 4.98 Å². The molecule has 0 N–H and O–H groups in total. The number of carbonyl (C=O) groups is 1. The number of aryl methyl sites for hydroxylation is 1. The molecule has 5 nitrogen and oxygen atoms in total. The SMILES string of the molecule is CC(C)=C[C@@H]1[C@@H](C(=O)N2CCC[C@H](c3noc(C)n3)C2)C1(C)C. The molecule has 126 valence electrons. The number of aromatic nitrogens is 2. The third-order valence-corrected chi connectivity index (χ3v) is 5.33. The first-order valence-corrected chi connectivity index (χ1v) is 8.54. The maximum absolute atomic E-state index is 13.0. The van der Waals surface area contributed by atoms with Crippen LogP contribution in [0.3, 0.4) is 0 Å². The number of amides is 1. The highest BCUT2D eigenvalue weighted by atomic mass is 16.5. The minimum Gasteiger partial charge on any atom is -0.342 e. The molecule has 2 aliphatic rings. The molecule has 2 heterocycles. The minimum atomic E-state index is 0.0734. The Hall–Kier alpha value is -1.65. The van der Waals surface area contributed by atoms with Crippen molar-refractivity contribution in [1.82, 2.24) is 15.0 Å². The summed E-state index contributed by atoms with van der Waals surface area (Å²) in [5.74, 6) is 2.32. The van der Waals surface area contributed by atoms with Crippen LogP contribution in [0, 0.1) is 24.2 Å². The Bertz CT molecular complexity index is 628. The summed E-state index contributed by atoms with van der Waals surface area (Å²) in [6, 6.07) is 0. The van der Waals surface area contributed by atoms with Gasteiger partial charge in [0.15, 0.2) is 5.82 Å². The summed E-state index contributed by atoms with van der Waals surface area (Å²) in [6.07, 6.45) is 4.28. The summed E-state index contributed by atoms with van der Waals surface area (Å²) in [4.78, 5) is 19.3. The Morgan fingerprint density at radius 2 is 2.13 bits per heavy atom. The van der Waals surface area contributed by atoms with Crippen LogP contribution >= 0.6 is 0 Å². The summed E-state index contributed by atoms with van der Waals surface area (Å²) < 4.78 is 5.09. The Morgan fingerprint density at radius 1 is 1.39 bits per heavy atom. The summed E-state index contributed by atoms with van der Waals surface area (Å²) >= 11 is 0. The van der Waals surface area contributed by atoms with Gasteiger partial charge in [-0.25, -0.2) is 0 Å². The second kappa shape index (κ2) is 5.77. The molecule has 0 spiro atoms. The van der Waals surface area contributed by atoms with Crippen molar-refractivity contribution < 1.29 is 9.32 Å². The first-order valence-electron chi connectivity index (χ1n) is 8.54. The van der Waals surface area contributed by atoms with Gasteiger partial charge in [-0.05, 0) is 38.0 Å². The topological polar surface area (TPSA) is 59.2 Å². The number of hydrogen-bond donors (Lipinski definition) is 0. The molecular weight excluding hydrogens is 290 g/mol. The van der Waals surface area contributed by atoms with E-state index >= 15 is 0 Å². The van der Waals surface area contributed by atoms with E-state index in [0.717, 1.165) is 25.2 Å². The molecule has 1 saturated heterocycles. The zero-order valence-electron chi connectivity index (χ0n) is 14.8. The molecule has 0 aromatic carbocycles. The van der Waals surface area contributed by atoms with Gasteiger partial charge in [0.1, 0.15) is 0 Å². The van der Waals surface area contributed by atoms with E-state index in [2.05, 4.69) is 43.9 Å². The van der Waals surface area contributed by atoms with E-state index in [1.807, 2.05) is 4.90 Å². The molecule has 1 aliphatic carbocycles. The smallest absolute Gasteiger partial charge is 0.226 e. The van der Waals surface area contributed by atoms with Gasteiger partial charge < -0.3 is 9.42 Å². The van der Waals surface area contributed by atoms with Gasteiger partial charge in [0.25, 0.3) is 0 Å². The number of allylic oxidation sites excluding steroid dienone is 2. The molecule has 1 amide bonds. The number of piperidine rings is 1. The number of hydrogen-bond acceptors (Lipinski definition) is 4. The van der Waals surface area contributed by atoms with Gasteiger partial charge in [0.2, 0.25) is 11.8 Å². The molecular formula is C18H27N3O2. The van der Waals surface area contributed by atoms with Crippen LogP contribution in [-0.2, 0) is 4.79 Å². The van der Waals surface area contributed by atoms with Crippen molar-refractivity contribution in [3.05, 3.63) is 23.4 Å². The molecule has 1 saturated carbocycles. The highest BCUT2D eigenvalue weighted by Gasteiger charge is 2.61. The minimum absolute atomic E-state index is 0.0734. The predicted octanol–water partition coefficient (Wildman–Crippen LogP) is 3.32. The lowest BCUT2D eigenvalue weighted by Gasteiger charge is -2.31. The zero-order valence-corrected chi connectivity index (χ0v) is 14.8. The zero-order chi connectivity index (χ0) is 16.8. The first-order chi connectivity index (χ1) is 10.8. The van der Waals surface area contributed by atoms with Crippen molar-refractivity contribution in [2.75, 3.05) is 13.1 Å². The van der Waals surface area contributed by atoms with Gasteiger partial charge in [-0.15, -0.1) is 0 Å². The summed E-state index contributed by atoms with van der Waals surface area (Å²) in [5, 5.41) is 4.04. The van der Waals surface area contributed by atoms with Crippen LogP contribution in [0.4, 0.5) is 0 Å². The Balaban J connectivity index is 1.69. The third-order valence-electron chi connectivity index (χ3n) is 5.33. The summed E-state index contributed by atoms with van der Waals surface area (Å²) in [5.41, 5.74) is 1.36. The predicted molar refractivity (Wildman–Crippen MR) is 87.8 cm³/mol. The Morgan fingerprint density at radius 3 is 2.74 bits per heavy atom. The van der Waals surface area contributed by atoms with E-state index in [-0.39, 0.29) is 17.3 Å². The molecule has 1 aromatic rings. The lowest BCUT2D eigenvalue weighted by Crippen LogP contribution is -2.41. The number of nitrogens with zero attached hydrogens (tertiary/aromatic N) is 3. The Kier molecular flexibility index (Phi) is 4.07. The molecule has 3 rings (SSSR count). The molecule has 3 atom stereocenters. The molecule has 0 bridgehead atoms. The summed E-state index contributed by atoms with van der Waals surface area (Å²) in [7, 11) is 0. The third kappa shape index (κ3) is 3.06. The lowest BCUT2D eigenvalue weighted by atomic mass is 9.96. The average Bonchev–Trinajstić information content (AvgIpc) is 2.84. The fourth-order valence-corrected chi connectivity index (χ4v) is 3.89. The van der Waals surface area contributed by atoms with Crippen molar-refractivity contribution in [1.29, 1.82) is 0 Å². The Labute approximate surface area is 138 Å². The van der Waals surface area contributed by atoms with Crippen molar-refractivity contribution in [3.63, 3.8) is 0 Å². The van der Waals surface area contributed by atoms with Gasteiger partial charge in [-0.3, -0.25) is 4.79 Å². The van der Waals surface area contributed by atoms with Gasteiger partial charge in [0.05, 0.1) is 5.92 Å². The van der Waals surface area contributed by atoms with Crippen LogP contribution in [0.1, 0.15) is 58.2 Å².